The van der Waals surface area contributed by atoms with E-state index in [-0.39, 0.29) is 11.8 Å². The first-order chi connectivity index (χ1) is 14.1. The zero-order valence-corrected chi connectivity index (χ0v) is 17.4. The fraction of sp³-hybridized carbons (Fsp3) is 0.417. The minimum atomic E-state index is 0.0593. The molecule has 5 nitrogen and oxygen atoms in total. The molecule has 0 radical (unpaired) electrons. The van der Waals surface area contributed by atoms with Crippen molar-refractivity contribution < 1.29 is 14.3 Å². The molecule has 5 heteroatoms. The molecule has 1 saturated heterocycles. The van der Waals surface area contributed by atoms with Crippen LogP contribution in [0, 0.1) is 13.8 Å². The second kappa shape index (κ2) is 10.1. The van der Waals surface area contributed by atoms with Gasteiger partial charge in [0.15, 0.2) is 0 Å². The molecule has 2 aromatic carbocycles. The van der Waals surface area contributed by atoms with Gasteiger partial charge in [-0.05, 0) is 49.9 Å². The van der Waals surface area contributed by atoms with Crippen LogP contribution in [0.1, 0.15) is 40.7 Å². The number of carbonyl (C=O) groups is 2. The molecule has 29 heavy (non-hydrogen) atoms. The van der Waals surface area contributed by atoms with Crippen LogP contribution in [0.15, 0.2) is 48.5 Å². The summed E-state index contributed by atoms with van der Waals surface area (Å²) in [5, 5.41) is 0. The quantitative estimate of drug-likeness (QED) is 0.700. The molecule has 3 rings (SSSR count). The SMILES string of the molecule is Cc1ccccc1OCCCC(=O)N1CCCN(C(=O)c2ccccc2C)CC1. The molecule has 2 aromatic rings. The highest BCUT2D eigenvalue weighted by Crippen LogP contribution is 2.17. The van der Waals surface area contributed by atoms with E-state index >= 15 is 0 Å². The third-order valence-corrected chi connectivity index (χ3v) is 5.40. The maximum absolute atomic E-state index is 12.8. The number of nitrogens with zero attached hydrogens (tertiary/aromatic N) is 2. The fourth-order valence-corrected chi connectivity index (χ4v) is 3.64. The summed E-state index contributed by atoms with van der Waals surface area (Å²) in [6.45, 7) is 7.07. The molecule has 0 saturated carbocycles. The Morgan fingerprint density at radius 1 is 0.862 bits per heavy atom. The Kier molecular flexibility index (Phi) is 7.28. The van der Waals surface area contributed by atoms with Gasteiger partial charge >= 0.3 is 0 Å². The third kappa shape index (κ3) is 5.59. The number of benzene rings is 2. The molecule has 0 aliphatic carbocycles. The molecular weight excluding hydrogens is 364 g/mol. The summed E-state index contributed by atoms with van der Waals surface area (Å²) in [4.78, 5) is 29.2. The second-order valence-electron chi connectivity index (χ2n) is 7.56. The number of para-hydroxylation sites is 1. The first-order valence-electron chi connectivity index (χ1n) is 10.4. The Morgan fingerprint density at radius 2 is 1.52 bits per heavy atom. The van der Waals surface area contributed by atoms with Crippen LogP contribution in [0.3, 0.4) is 0 Å². The van der Waals surface area contributed by atoms with Gasteiger partial charge < -0.3 is 14.5 Å². The zero-order valence-electron chi connectivity index (χ0n) is 17.4. The van der Waals surface area contributed by atoms with Crippen LogP contribution in [0.5, 0.6) is 5.75 Å². The fourth-order valence-electron chi connectivity index (χ4n) is 3.64. The van der Waals surface area contributed by atoms with Gasteiger partial charge in [-0.2, -0.15) is 0 Å². The van der Waals surface area contributed by atoms with Crippen molar-refractivity contribution in [2.24, 2.45) is 0 Å². The van der Waals surface area contributed by atoms with Crippen molar-refractivity contribution in [3.63, 3.8) is 0 Å². The topological polar surface area (TPSA) is 49.9 Å². The summed E-state index contributed by atoms with van der Waals surface area (Å²) in [5.74, 6) is 1.08. The number of hydrogen-bond acceptors (Lipinski definition) is 3. The monoisotopic (exact) mass is 394 g/mol. The molecule has 0 bridgehead atoms. The lowest BCUT2D eigenvalue weighted by Gasteiger charge is -2.23. The Bertz CT molecular complexity index is 850. The van der Waals surface area contributed by atoms with Crippen LogP contribution >= 0.6 is 0 Å². The summed E-state index contributed by atoms with van der Waals surface area (Å²) in [6, 6.07) is 15.6. The first kappa shape index (κ1) is 20.9. The standard InChI is InChI=1S/C24H30N2O3/c1-19-9-3-5-11-21(19)24(28)26-15-8-14-25(16-17-26)23(27)13-7-18-29-22-12-6-4-10-20(22)2/h3-6,9-12H,7-8,13-18H2,1-2H3. The number of amides is 2. The van der Waals surface area contributed by atoms with Gasteiger partial charge in [0.2, 0.25) is 5.91 Å². The highest BCUT2D eigenvalue weighted by atomic mass is 16.5. The average Bonchev–Trinajstić information content (AvgIpc) is 2.98. The normalized spacial score (nSPS) is 14.4. The van der Waals surface area contributed by atoms with E-state index in [1.807, 2.05) is 72.2 Å². The molecule has 0 atom stereocenters. The van der Waals surface area contributed by atoms with Crippen LogP contribution in [0.2, 0.25) is 0 Å². The molecule has 0 unspecified atom stereocenters. The van der Waals surface area contributed by atoms with Crippen molar-refractivity contribution in [3.8, 4) is 5.75 Å². The Labute approximate surface area is 173 Å². The van der Waals surface area contributed by atoms with E-state index in [0.29, 0.717) is 45.6 Å². The molecule has 0 N–H and O–H groups in total. The van der Waals surface area contributed by atoms with Gasteiger partial charge in [0, 0.05) is 38.2 Å². The van der Waals surface area contributed by atoms with E-state index < -0.39 is 0 Å². The predicted octanol–water partition coefficient (Wildman–Crippen LogP) is 3.84. The summed E-state index contributed by atoms with van der Waals surface area (Å²) in [7, 11) is 0. The van der Waals surface area contributed by atoms with Gasteiger partial charge in [-0.15, -0.1) is 0 Å². The number of hydrogen-bond donors (Lipinski definition) is 0. The molecule has 1 aliphatic heterocycles. The van der Waals surface area contributed by atoms with Crippen LogP contribution in [-0.2, 0) is 4.79 Å². The molecule has 2 amide bonds. The lowest BCUT2D eigenvalue weighted by atomic mass is 10.1. The number of ether oxygens (including phenoxy) is 1. The van der Waals surface area contributed by atoms with Crippen molar-refractivity contribution in [2.75, 3.05) is 32.8 Å². The second-order valence-corrected chi connectivity index (χ2v) is 7.56. The molecular formula is C24H30N2O3. The van der Waals surface area contributed by atoms with E-state index in [2.05, 4.69) is 0 Å². The maximum Gasteiger partial charge on any atom is 0.254 e. The van der Waals surface area contributed by atoms with Gasteiger partial charge in [0.1, 0.15) is 5.75 Å². The molecule has 1 aliphatic rings. The lowest BCUT2D eigenvalue weighted by molar-refractivity contribution is -0.131. The van der Waals surface area contributed by atoms with E-state index in [0.717, 1.165) is 28.9 Å². The van der Waals surface area contributed by atoms with Crippen molar-refractivity contribution in [1.82, 2.24) is 9.80 Å². The van der Waals surface area contributed by atoms with Crippen molar-refractivity contribution in [3.05, 3.63) is 65.2 Å². The largest absolute Gasteiger partial charge is 0.493 e. The van der Waals surface area contributed by atoms with E-state index in [1.54, 1.807) is 0 Å². The highest BCUT2D eigenvalue weighted by Gasteiger charge is 2.23. The van der Waals surface area contributed by atoms with E-state index in [9.17, 15) is 9.59 Å². The van der Waals surface area contributed by atoms with E-state index in [4.69, 9.17) is 4.74 Å². The van der Waals surface area contributed by atoms with Crippen molar-refractivity contribution in [1.29, 1.82) is 0 Å². The molecule has 154 valence electrons. The molecule has 1 heterocycles. The summed E-state index contributed by atoms with van der Waals surface area (Å²) >= 11 is 0. The Morgan fingerprint density at radius 3 is 2.28 bits per heavy atom. The predicted molar refractivity (Wildman–Crippen MR) is 114 cm³/mol. The van der Waals surface area contributed by atoms with Crippen LogP contribution in [0.4, 0.5) is 0 Å². The van der Waals surface area contributed by atoms with Crippen LogP contribution < -0.4 is 4.74 Å². The molecule has 0 spiro atoms. The third-order valence-electron chi connectivity index (χ3n) is 5.40. The molecule has 1 fully saturated rings. The first-order valence-corrected chi connectivity index (χ1v) is 10.4. The van der Waals surface area contributed by atoms with Gasteiger partial charge in [0.25, 0.3) is 5.91 Å². The Balaban J connectivity index is 1.45. The lowest BCUT2D eigenvalue weighted by Crippen LogP contribution is -2.37. The van der Waals surface area contributed by atoms with Gasteiger partial charge in [-0.1, -0.05) is 36.4 Å². The summed E-state index contributed by atoms with van der Waals surface area (Å²) in [5.41, 5.74) is 2.84. The average molecular weight is 395 g/mol. The van der Waals surface area contributed by atoms with Crippen LogP contribution in [-0.4, -0.2) is 54.4 Å². The minimum Gasteiger partial charge on any atom is -0.493 e. The summed E-state index contributed by atoms with van der Waals surface area (Å²) < 4.78 is 5.78. The van der Waals surface area contributed by atoms with E-state index in [1.165, 1.54) is 0 Å². The zero-order chi connectivity index (χ0) is 20.6. The molecule has 0 aromatic heterocycles. The number of rotatable bonds is 6. The smallest absolute Gasteiger partial charge is 0.254 e. The van der Waals surface area contributed by atoms with Gasteiger partial charge in [0.05, 0.1) is 6.61 Å². The van der Waals surface area contributed by atoms with Crippen molar-refractivity contribution in [2.45, 2.75) is 33.1 Å². The number of carbonyl (C=O) groups excluding carboxylic acids is 2. The van der Waals surface area contributed by atoms with Gasteiger partial charge in [-0.25, -0.2) is 0 Å². The minimum absolute atomic E-state index is 0.0593. The highest BCUT2D eigenvalue weighted by molar-refractivity contribution is 5.95. The van der Waals surface area contributed by atoms with Crippen LogP contribution in [0.25, 0.3) is 0 Å². The van der Waals surface area contributed by atoms with Crippen molar-refractivity contribution >= 4 is 11.8 Å². The van der Waals surface area contributed by atoms with Gasteiger partial charge in [-0.3, -0.25) is 9.59 Å². The Hall–Kier alpha value is -2.82. The summed E-state index contributed by atoms with van der Waals surface area (Å²) in [6.07, 6.45) is 1.97. The number of aryl methyl sites for hydroxylation is 2. The maximum atomic E-state index is 12.8.